The number of aryl methyl sites for hydroxylation is 1. The maximum absolute atomic E-state index is 13.2. The van der Waals surface area contributed by atoms with E-state index in [4.69, 9.17) is 23.6 Å². The van der Waals surface area contributed by atoms with Gasteiger partial charge in [0.2, 0.25) is 11.8 Å². The third-order valence-corrected chi connectivity index (χ3v) is 10.6. The highest BCUT2D eigenvalue weighted by molar-refractivity contribution is 6.23. The number of piperidine rings is 2. The first-order chi connectivity index (χ1) is 26.6. The molecule has 0 saturated carbocycles. The molecule has 4 amide bonds. The number of nitrogens with zero attached hydrogens (tertiary/aromatic N) is 5. The van der Waals surface area contributed by atoms with Crippen molar-refractivity contribution in [2.24, 2.45) is 7.05 Å². The molecule has 282 valence electrons. The lowest BCUT2D eigenvalue weighted by Gasteiger charge is -2.31. The number of nitrogens with one attached hydrogen (secondary N) is 1. The van der Waals surface area contributed by atoms with Crippen LogP contribution in [0, 0.1) is 0 Å². The SMILES string of the molecule is COc1cc(-c2cn(C)c(=O)c3cnccc23)cc(OC)c1CN1CCC(c2nc(COc3ccc4c(c3)C(=O)N(C3CCC(=O)NC3=O)C4=O)co2)CC1. The number of amides is 4. The summed E-state index contributed by atoms with van der Waals surface area (Å²) in [6, 6.07) is 9.36. The maximum atomic E-state index is 13.2. The lowest BCUT2D eigenvalue weighted by atomic mass is 9.95. The van der Waals surface area contributed by atoms with Gasteiger partial charge in [-0.2, -0.15) is 0 Å². The molecule has 15 nitrogen and oxygen atoms in total. The highest BCUT2D eigenvalue weighted by atomic mass is 16.5. The van der Waals surface area contributed by atoms with Crippen LogP contribution in [0.1, 0.15) is 69.5 Å². The van der Waals surface area contributed by atoms with Crippen molar-refractivity contribution in [3.05, 3.63) is 99.9 Å². The molecular weight excluding hydrogens is 708 g/mol. The summed E-state index contributed by atoms with van der Waals surface area (Å²) in [5.74, 6) is 0.230. The number of hydrogen-bond acceptors (Lipinski definition) is 12. The van der Waals surface area contributed by atoms with E-state index in [1.54, 1.807) is 50.6 Å². The lowest BCUT2D eigenvalue weighted by Crippen LogP contribution is -2.54. The zero-order chi connectivity index (χ0) is 38.4. The molecule has 3 aliphatic rings. The third kappa shape index (κ3) is 6.60. The van der Waals surface area contributed by atoms with Gasteiger partial charge in [-0.1, -0.05) is 0 Å². The van der Waals surface area contributed by atoms with Crippen LogP contribution in [-0.4, -0.2) is 81.3 Å². The minimum Gasteiger partial charge on any atom is -0.496 e. The summed E-state index contributed by atoms with van der Waals surface area (Å²) in [6.45, 7) is 2.29. The number of hydrogen-bond donors (Lipinski definition) is 1. The van der Waals surface area contributed by atoms with Gasteiger partial charge in [-0.15, -0.1) is 0 Å². The molecule has 1 unspecified atom stereocenters. The van der Waals surface area contributed by atoms with Gasteiger partial charge >= 0.3 is 0 Å². The first-order valence-corrected chi connectivity index (χ1v) is 18.0. The fraction of sp³-hybridized carbons (Fsp3) is 0.325. The maximum Gasteiger partial charge on any atom is 0.262 e. The average molecular weight is 747 g/mol. The van der Waals surface area contributed by atoms with Crippen LogP contribution in [0.3, 0.4) is 0 Å². The van der Waals surface area contributed by atoms with E-state index in [2.05, 4.69) is 15.2 Å². The van der Waals surface area contributed by atoms with Gasteiger partial charge in [0.05, 0.1) is 36.3 Å². The Morgan fingerprint density at radius 2 is 1.64 bits per heavy atom. The second-order valence-electron chi connectivity index (χ2n) is 13.9. The molecule has 55 heavy (non-hydrogen) atoms. The minimum absolute atomic E-state index is 0.0499. The molecule has 0 bridgehead atoms. The van der Waals surface area contributed by atoms with Crippen LogP contribution >= 0.6 is 0 Å². The summed E-state index contributed by atoms with van der Waals surface area (Å²) in [4.78, 5) is 75.0. The number of fused-ring (bicyclic) bond motifs is 2. The number of aromatic nitrogens is 3. The molecule has 2 fully saturated rings. The molecule has 2 aromatic carbocycles. The van der Waals surface area contributed by atoms with Crippen molar-refractivity contribution >= 4 is 34.4 Å². The summed E-state index contributed by atoms with van der Waals surface area (Å²) < 4.78 is 25.2. The van der Waals surface area contributed by atoms with Crippen molar-refractivity contribution in [1.29, 1.82) is 0 Å². The first kappa shape index (κ1) is 35.7. The van der Waals surface area contributed by atoms with Gasteiger partial charge < -0.3 is 23.2 Å². The van der Waals surface area contributed by atoms with E-state index in [9.17, 15) is 24.0 Å². The molecule has 2 saturated heterocycles. The molecule has 0 spiro atoms. The average Bonchev–Trinajstić information content (AvgIpc) is 3.77. The van der Waals surface area contributed by atoms with Gasteiger partial charge in [0.25, 0.3) is 17.4 Å². The van der Waals surface area contributed by atoms with Gasteiger partial charge in [0.15, 0.2) is 5.89 Å². The Kier molecular flexibility index (Phi) is 9.38. The van der Waals surface area contributed by atoms with Crippen molar-refractivity contribution in [3.63, 3.8) is 0 Å². The Morgan fingerprint density at radius 3 is 2.36 bits per heavy atom. The van der Waals surface area contributed by atoms with E-state index in [-0.39, 0.29) is 42.1 Å². The molecule has 15 heteroatoms. The molecule has 1 N–H and O–H groups in total. The fourth-order valence-corrected chi connectivity index (χ4v) is 7.67. The monoisotopic (exact) mass is 746 g/mol. The van der Waals surface area contributed by atoms with Crippen LogP contribution in [-0.2, 0) is 29.8 Å². The van der Waals surface area contributed by atoms with Crippen molar-refractivity contribution in [2.45, 2.75) is 50.8 Å². The van der Waals surface area contributed by atoms with E-state index in [0.29, 0.717) is 40.8 Å². The standard InChI is InChI=1S/C40H38N6O9/c1-44-18-30(26-8-11-41-17-29(26)38(44)49)23-14-33(52-2)31(34(15-23)53-3)19-45-12-9-22(10-13-45)37-42-24(21-55-37)20-54-25-4-5-27-28(16-25)40(51)46(39(27)50)32-6-7-35(47)43-36(32)48/h4-5,8,11,14-18,21-22,32H,6-7,9-10,12-13,19-20H2,1-3H3,(H,43,47,48). The third-order valence-electron chi connectivity index (χ3n) is 10.6. The molecule has 3 aliphatic heterocycles. The smallest absolute Gasteiger partial charge is 0.262 e. The molecule has 0 aliphatic carbocycles. The van der Waals surface area contributed by atoms with E-state index in [0.717, 1.165) is 52.9 Å². The molecule has 5 aromatic rings. The molecule has 1 atom stereocenters. The zero-order valence-electron chi connectivity index (χ0n) is 30.5. The van der Waals surface area contributed by atoms with Crippen LogP contribution in [0.25, 0.3) is 21.9 Å². The molecule has 8 rings (SSSR count). The first-order valence-electron chi connectivity index (χ1n) is 18.0. The molecular formula is C40H38N6O9. The fourth-order valence-electron chi connectivity index (χ4n) is 7.67. The number of imide groups is 2. The summed E-state index contributed by atoms with van der Waals surface area (Å²) in [7, 11) is 5.01. The number of methoxy groups -OCH3 is 2. The van der Waals surface area contributed by atoms with Gasteiger partial charge in [0.1, 0.15) is 41.9 Å². The second-order valence-corrected chi connectivity index (χ2v) is 13.9. The van der Waals surface area contributed by atoms with Crippen LogP contribution < -0.4 is 25.1 Å². The van der Waals surface area contributed by atoms with E-state index in [1.807, 2.05) is 24.4 Å². The van der Waals surface area contributed by atoms with Crippen molar-refractivity contribution < 1.29 is 37.8 Å². The Morgan fingerprint density at radius 1 is 0.891 bits per heavy atom. The quantitative estimate of drug-likeness (QED) is 0.204. The summed E-state index contributed by atoms with van der Waals surface area (Å²) in [5, 5.41) is 3.54. The summed E-state index contributed by atoms with van der Waals surface area (Å²) >= 11 is 0. The normalized spacial score (nSPS) is 17.8. The predicted molar refractivity (Wildman–Crippen MR) is 197 cm³/mol. The number of ether oxygens (including phenoxy) is 3. The molecule has 0 radical (unpaired) electrons. The van der Waals surface area contributed by atoms with Crippen molar-refractivity contribution in [2.75, 3.05) is 27.3 Å². The number of pyridine rings is 2. The van der Waals surface area contributed by atoms with Gasteiger partial charge in [-0.3, -0.25) is 44.1 Å². The number of benzene rings is 2. The number of rotatable bonds is 10. The Labute approximate surface area is 314 Å². The molecule has 6 heterocycles. The second kappa shape index (κ2) is 14.5. The van der Waals surface area contributed by atoms with Crippen LogP contribution in [0.2, 0.25) is 0 Å². The highest BCUT2D eigenvalue weighted by Gasteiger charge is 2.44. The Bertz CT molecular complexity index is 2400. The number of carbonyl (C=O) groups excluding carboxylic acids is 4. The minimum atomic E-state index is -1.04. The van der Waals surface area contributed by atoms with Gasteiger partial charge in [-0.05, 0) is 79.7 Å². The van der Waals surface area contributed by atoms with Gasteiger partial charge in [0, 0.05) is 50.1 Å². The Hall–Kier alpha value is -6.35. The topological polar surface area (TPSA) is 175 Å². The van der Waals surface area contributed by atoms with Crippen LogP contribution in [0.15, 0.2) is 70.5 Å². The molecule has 3 aromatic heterocycles. The number of carbonyl (C=O) groups is 4. The van der Waals surface area contributed by atoms with E-state index >= 15 is 0 Å². The predicted octanol–water partition coefficient (Wildman–Crippen LogP) is 3.97. The number of likely N-dealkylation sites (tertiary alicyclic amines) is 1. The zero-order valence-corrected chi connectivity index (χ0v) is 30.5. The lowest BCUT2D eigenvalue weighted by molar-refractivity contribution is -0.136. The van der Waals surface area contributed by atoms with Gasteiger partial charge in [-0.25, -0.2) is 4.98 Å². The Balaban J connectivity index is 0.897. The largest absolute Gasteiger partial charge is 0.496 e. The van der Waals surface area contributed by atoms with Crippen molar-refractivity contribution in [1.82, 2.24) is 29.7 Å². The highest BCUT2D eigenvalue weighted by Crippen LogP contribution is 2.39. The van der Waals surface area contributed by atoms with Crippen molar-refractivity contribution in [3.8, 4) is 28.4 Å². The summed E-state index contributed by atoms with van der Waals surface area (Å²) in [5.41, 5.74) is 3.46. The van der Waals surface area contributed by atoms with Crippen LogP contribution in [0.5, 0.6) is 17.2 Å². The van der Waals surface area contributed by atoms with E-state index < -0.39 is 29.7 Å². The summed E-state index contributed by atoms with van der Waals surface area (Å²) in [6.07, 6.45) is 8.44. The number of oxazole rings is 1. The van der Waals surface area contributed by atoms with E-state index in [1.165, 1.54) is 12.1 Å². The van der Waals surface area contributed by atoms with Crippen LogP contribution in [0.4, 0.5) is 0 Å².